The number of nitrogens with zero attached hydrogens (tertiary/aromatic N) is 4. The lowest BCUT2D eigenvalue weighted by Crippen LogP contribution is -2.45. The normalized spacial score (nSPS) is 14.9. The van der Waals surface area contributed by atoms with Crippen molar-refractivity contribution in [2.75, 3.05) is 53.0 Å². The van der Waals surface area contributed by atoms with Crippen molar-refractivity contribution in [1.29, 1.82) is 0 Å². The molecule has 21 nitrogen and oxygen atoms in total. The predicted octanol–water partition coefficient (Wildman–Crippen LogP) is 5.78. The van der Waals surface area contributed by atoms with Crippen LogP contribution in [0.4, 0.5) is 15.3 Å². The van der Waals surface area contributed by atoms with Crippen LogP contribution in [0, 0.1) is 17.8 Å². The molecule has 7 amide bonds. The van der Waals surface area contributed by atoms with Gasteiger partial charge in [0.25, 0.3) is 5.56 Å². The fourth-order valence-corrected chi connectivity index (χ4v) is 9.26. The predicted molar refractivity (Wildman–Crippen MR) is 274 cm³/mol. The summed E-state index contributed by atoms with van der Waals surface area (Å²) in [4.78, 5) is 111. The van der Waals surface area contributed by atoms with Crippen LogP contribution in [0.3, 0.4) is 0 Å². The number of Topliss-reactive ketones (excluding diaryl/α,β-unsaturated/α-hetero) is 1. The van der Waals surface area contributed by atoms with Crippen molar-refractivity contribution >= 4 is 79.8 Å². The van der Waals surface area contributed by atoms with E-state index in [1.807, 2.05) is 0 Å². The summed E-state index contributed by atoms with van der Waals surface area (Å²) in [5.74, 6) is -0.961. The van der Waals surface area contributed by atoms with Gasteiger partial charge in [0, 0.05) is 98.4 Å². The van der Waals surface area contributed by atoms with Gasteiger partial charge in [0.2, 0.25) is 30.4 Å². The Morgan fingerprint density at radius 3 is 2.24 bits per heavy atom. The van der Waals surface area contributed by atoms with Crippen LogP contribution in [0.15, 0.2) is 59.5 Å². The number of amides is 7. The number of hydrogen-bond donors (Lipinski definition) is 4. The van der Waals surface area contributed by atoms with Gasteiger partial charge in [0.05, 0.1) is 36.7 Å². The molecule has 74 heavy (non-hydrogen) atoms. The number of anilines is 1. The Labute approximate surface area is 427 Å². The molecular weight excluding hydrogens is 957 g/mol. The minimum Gasteiger partial charge on any atom is -0.493 e. The molecule has 0 saturated carbocycles. The highest BCUT2D eigenvalue weighted by Gasteiger charge is 2.35. The number of ether oxygens (including phenoxy) is 5. The summed E-state index contributed by atoms with van der Waals surface area (Å²) in [5, 5.41) is 10.5. The van der Waals surface area contributed by atoms with Crippen LogP contribution in [-0.2, 0) is 41.9 Å². The number of likely N-dealkylation sites (tertiary alicyclic amines) is 1. The number of fused-ring (bicyclic) bond motifs is 6. The number of rotatable bonds is 24. The topological polar surface area (TPSA) is 269 Å². The Kier molecular flexibility index (Phi) is 17.6. The fourth-order valence-electron chi connectivity index (χ4n) is 9.26. The molecule has 3 atom stereocenters. The van der Waals surface area contributed by atoms with Crippen LogP contribution in [0.1, 0.15) is 77.7 Å². The van der Waals surface area contributed by atoms with E-state index in [4.69, 9.17) is 34.4 Å². The molecule has 0 spiro atoms. The number of ketones is 1. The van der Waals surface area contributed by atoms with Gasteiger partial charge in [-0.2, -0.15) is 0 Å². The van der Waals surface area contributed by atoms with E-state index in [2.05, 4.69) is 16.0 Å². The van der Waals surface area contributed by atoms with Crippen LogP contribution >= 0.6 is 0 Å². The van der Waals surface area contributed by atoms with Gasteiger partial charge in [-0.1, -0.05) is 39.3 Å². The molecule has 1 saturated heterocycles. The summed E-state index contributed by atoms with van der Waals surface area (Å²) in [6.07, 6.45) is 3.49. The second-order valence-corrected chi connectivity index (χ2v) is 19.0. The quantitative estimate of drug-likeness (QED) is 0.0325. The molecule has 5 N–H and O–H groups in total. The average molecular weight is 1020 g/mol. The van der Waals surface area contributed by atoms with Gasteiger partial charge >= 0.3 is 12.1 Å². The third kappa shape index (κ3) is 12.6. The van der Waals surface area contributed by atoms with Crippen molar-refractivity contribution in [1.82, 2.24) is 30.0 Å². The number of carbonyl (C=O) groups excluding carboxylic acids is 7. The van der Waals surface area contributed by atoms with E-state index in [0.717, 1.165) is 0 Å². The number of nitrogens with two attached hydrogens (primary N) is 1. The summed E-state index contributed by atoms with van der Waals surface area (Å²) in [6, 6.07) is 12.0. The van der Waals surface area contributed by atoms with Crippen molar-refractivity contribution in [3.05, 3.63) is 70.6 Å². The summed E-state index contributed by atoms with van der Waals surface area (Å²) in [6.45, 7) is 5.97. The number of imide groups is 1. The number of nitrogens with one attached hydrogen (secondary N) is 3. The highest BCUT2D eigenvalue weighted by molar-refractivity contribution is 6.15. The lowest BCUT2D eigenvalue weighted by atomic mass is 9.89. The lowest BCUT2D eigenvalue weighted by Gasteiger charge is -2.24. The number of unbranched alkanes of at least 4 members (excludes halogenated alkanes) is 2. The molecule has 7 rings (SSSR count). The van der Waals surface area contributed by atoms with Crippen LogP contribution in [0.5, 0.6) is 23.0 Å². The van der Waals surface area contributed by atoms with E-state index in [1.165, 1.54) is 24.0 Å². The third-order valence-electron chi connectivity index (χ3n) is 13.4. The molecule has 21 heteroatoms. The maximum Gasteiger partial charge on any atom is 0.409 e. The van der Waals surface area contributed by atoms with Gasteiger partial charge in [-0.3, -0.25) is 38.7 Å². The van der Waals surface area contributed by atoms with Crippen molar-refractivity contribution < 1.29 is 57.2 Å². The number of likely N-dealkylation sites (N-methyl/N-ethyl adjacent to an activating group) is 1. The number of pyridine rings is 2. The van der Waals surface area contributed by atoms with Gasteiger partial charge in [0.15, 0.2) is 28.8 Å². The van der Waals surface area contributed by atoms with E-state index in [1.54, 1.807) is 87.1 Å². The summed E-state index contributed by atoms with van der Waals surface area (Å²) in [5.41, 5.74) is 7.13. The Bertz CT molecular complexity index is 3010. The minimum atomic E-state index is -0.857. The SMILES string of the molecule is COc1cc2c(=O)n(CCN(C)C(=O)OCc3ccc(NC(=O)[C@H](CCCNC(N)=O)CC(=O)[C@@H](NC(=O)CCCCCN4C(=O)CC(C)C4=O)C(C)C)cc3)c3c4cc5c(cc4ncc3c2cc1OC)OCO5. The molecule has 5 aromatic rings. The van der Waals surface area contributed by atoms with Crippen LogP contribution < -0.4 is 46.2 Å². The molecule has 0 bridgehead atoms. The number of carbonyl (C=O) groups is 7. The molecular formula is C53H64N8O13. The maximum absolute atomic E-state index is 14.4. The molecule has 2 aliphatic rings. The molecule has 0 radical (unpaired) electrons. The first kappa shape index (κ1) is 53.8. The summed E-state index contributed by atoms with van der Waals surface area (Å²) >= 11 is 0. The first-order valence-electron chi connectivity index (χ1n) is 24.8. The lowest BCUT2D eigenvalue weighted by molar-refractivity contribution is -0.139. The van der Waals surface area contributed by atoms with E-state index < -0.39 is 30.0 Å². The Hall–Kier alpha value is -7.97. The number of hydrogen-bond acceptors (Lipinski definition) is 14. The molecule has 1 fully saturated rings. The van der Waals surface area contributed by atoms with Gasteiger partial charge in [-0.25, -0.2) is 9.59 Å². The zero-order valence-corrected chi connectivity index (χ0v) is 42.6. The Morgan fingerprint density at radius 1 is 0.878 bits per heavy atom. The number of primary amides is 1. The van der Waals surface area contributed by atoms with Crippen LogP contribution in [0.25, 0.3) is 32.6 Å². The van der Waals surface area contributed by atoms with E-state index >= 15 is 0 Å². The molecule has 3 aromatic carbocycles. The number of methoxy groups -OCH3 is 2. The van der Waals surface area contributed by atoms with Gasteiger partial charge < -0.3 is 54.8 Å². The van der Waals surface area contributed by atoms with E-state index in [-0.39, 0.29) is 99.6 Å². The zero-order valence-electron chi connectivity index (χ0n) is 42.6. The van der Waals surface area contributed by atoms with Crippen molar-refractivity contribution in [2.24, 2.45) is 23.5 Å². The van der Waals surface area contributed by atoms with E-state index in [9.17, 15) is 38.4 Å². The average Bonchev–Trinajstić information content (AvgIpc) is 3.94. The van der Waals surface area contributed by atoms with Crippen molar-refractivity contribution in [2.45, 2.75) is 91.3 Å². The van der Waals surface area contributed by atoms with Crippen molar-refractivity contribution in [3.63, 3.8) is 0 Å². The first-order valence-corrected chi connectivity index (χ1v) is 24.8. The Balaban J connectivity index is 0.952. The molecule has 394 valence electrons. The second kappa shape index (κ2) is 24.2. The standard InChI is InChI=1S/C53H64N8O13/c1-30(2)47(58-45(63)12-8-7-9-18-60-46(64)21-31(3)50(60)66)40(62)22-33(11-10-17-55-52(54)68)49(65)57-34-15-13-32(14-16-34)28-72-53(69)59(4)19-20-61-48-37-25-43-44(74-29-73-43)26-39(37)56-27-38(48)35-23-41(70-5)42(71-6)24-36(35)51(61)67/h13-16,23-27,30-31,33,47H,7-12,17-22,28-29H2,1-6H3,(H,57,65)(H,58,63)(H3,54,55,68)/t31?,33-,47+/m1/s1. The number of aromatic nitrogens is 2. The molecule has 2 aliphatic heterocycles. The summed E-state index contributed by atoms with van der Waals surface area (Å²) in [7, 11) is 4.58. The Morgan fingerprint density at radius 2 is 1.58 bits per heavy atom. The van der Waals surface area contributed by atoms with Crippen LogP contribution in [0.2, 0.25) is 0 Å². The first-order chi connectivity index (χ1) is 35.5. The summed E-state index contributed by atoms with van der Waals surface area (Å²) < 4.78 is 29.6. The minimum absolute atomic E-state index is 0.0546. The van der Waals surface area contributed by atoms with Crippen molar-refractivity contribution in [3.8, 4) is 23.0 Å². The zero-order chi connectivity index (χ0) is 53.2. The monoisotopic (exact) mass is 1020 g/mol. The molecule has 4 heterocycles. The molecule has 1 unspecified atom stereocenters. The second-order valence-electron chi connectivity index (χ2n) is 19.0. The van der Waals surface area contributed by atoms with Gasteiger partial charge in [-0.15, -0.1) is 0 Å². The fraction of sp³-hybridized carbons (Fsp3) is 0.453. The third-order valence-corrected chi connectivity index (χ3v) is 13.4. The molecule has 0 aliphatic carbocycles. The largest absolute Gasteiger partial charge is 0.493 e. The van der Waals surface area contributed by atoms with Crippen LogP contribution in [-0.4, -0.2) is 115 Å². The van der Waals surface area contributed by atoms with Gasteiger partial charge in [0.1, 0.15) is 6.61 Å². The highest BCUT2D eigenvalue weighted by Crippen LogP contribution is 2.40. The highest BCUT2D eigenvalue weighted by atomic mass is 16.7. The molecule has 2 aromatic heterocycles. The maximum atomic E-state index is 14.4. The van der Waals surface area contributed by atoms with E-state index in [0.29, 0.717) is 99.1 Å². The number of benzene rings is 3. The number of urea groups is 1. The van der Waals surface area contributed by atoms with Gasteiger partial charge in [-0.05, 0) is 67.5 Å². The smallest absolute Gasteiger partial charge is 0.409 e.